The first-order valence-electron chi connectivity index (χ1n) is 14.2. The summed E-state index contributed by atoms with van der Waals surface area (Å²) < 4.78 is 32.6. The Morgan fingerprint density at radius 3 is 2.24 bits per heavy atom. The van der Waals surface area contributed by atoms with Gasteiger partial charge in [-0.15, -0.1) is 0 Å². The number of hydrogen-bond donors (Lipinski definition) is 3. The first-order chi connectivity index (χ1) is 20.1. The molecule has 1 atom stereocenters. The molecule has 3 N–H and O–H groups in total. The van der Waals surface area contributed by atoms with Gasteiger partial charge in [0.2, 0.25) is 15.9 Å². The zero-order valence-electron chi connectivity index (χ0n) is 24.1. The van der Waals surface area contributed by atoms with Crippen LogP contribution in [0.1, 0.15) is 30.6 Å². The number of hydrogen-bond acceptors (Lipinski definition) is 8. The lowest BCUT2D eigenvalue weighted by atomic mass is 10.0. The largest absolute Gasteiger partial charge is 0.379 e. The molecule has 4 rings (SSSR count). The van der Waals surface area contributed by atoms with Crippen LogP contribution < -0.4 is 21.1 Å². The molecule has 0 aromatic heterocycles. The van der Waals surface area contributed by atoms with E-state index in [0.29, 0.717) is 19.8 Å². The van der Waals surface area contributed by atoms with Crippen molar-refractivity contribution in [1.29, 1.82) is 0 Å². The number of carbonyl (C=O) groups excluding carboxylic acids is 3. The number of ether oxygens (including phenoxy) is 1. The number of rotatable bonds is 10. The zero-order valence-corrected chi connectivity index (χ0v) is 24.9. The zero-order chi connectivity index (χ0) is 30.1. The van der Waals surface area contributed by atoms with Crippen LogP contribution in [0.2, 0.25) is 0 Å². The van der Waals surface area contributed by atoms with E-state index in [-0.39, 0.29) is 41.8 Å². The van der Waals surface area contributed by atoms with Crippen molar-refractivity contribution in [3.05, 3.63) is 60.2 Å². The molecule has 2 aromatic rings. The number of para-hydroxylation sites is 1. The summed E-state index contributed by atoms with van der Waals surface area (Å²) in [5.74, 6) is -1.79. The van der Waals surface area contributed by atoms with Crippen molar-refractivity contribution >= 4 is 33.4 Å². The van der Waals surface area contributed by atoms with Crippen LogP contribution in [0.5, 0.6) is 0 Å². The van der Waals surface area contributed by atoms with Crippen molar-refractivity contribution in [2.24, 2.45) is 5.92 Å². The fourth-order valence-electron chi connectivity index (χ4n) is 4.89. The molecule has 0 bridgehead atoms. The van der Waals surface area contributed by atoms with E-state index in [1.807, 2.05) is 18.2 Å². The van der Waals surface area contributed by atoms with Crippen LogP contribution in [0.4, 0.5) is 5.69 Å². The Kier molecular flexibility index (Phi) is 10.9. The maximum absolute atomic E-state index is 13.0. The summed E-state index contributed by atoms with van der Waals surface area (Å²) in [5.41, 5.74) is 6.17. The van der Waals surface area contributed by atoms with E-state index in [4.69, 9.17) is 4.74 Å². The highest BCUT2D eigenvalue weighted by Crippen LogP contribution is 2.19. The Labute approximate surface area is 247 Å². The maximum Gasteiger partial charge on any atom is 0.261 e. The van der Waals surface area contributed by atoms with Gasteiger partial charge in [0, 0.05) is 63.5 Å². The third-order valence-corrected chi connectivity index (χ3v) is 9.31. The fourth-order valence-corrected chi connectivity index (χ4v) is 6.35. The van der Waals surface area contributed by atoms with Crippen molar-refractivity contribution in [2.45, 2.75) is 31.2 Å². The third kappa shape index (κ3) is 8.28. The van der Waals surface area contributed by atoms with Crippen molar-refractivity contribution in [3.8, 4) is 0 Å². The molecule has 2 aliphatic heterocycles. The quantitative estimate of drug-likeness (QED) is 0.341. The lowest BCUT2D eigenvalue weighted by Crippen LogP contribution is -2.54. The Bertz CT molecular complexity index is 1330. The number of piperazine rings is 1. The van der Waals surface area contributed by atoms with Crippen molar-refractivity contribution in [3.63, 3.8) is 0 Å². The Hall–Kier alpha value is -3.52. The highest BCUT2D eigenvalue weighted by atomic mass is 32.2. The molecular formula is C29H40N6O6S. The van der Waals surface area contributed by atoms with Gasteiger partial charge in [0.15, 0.2) is 0 Å². The van der Waals surface area contributed by atoms with Gasteiger partial charge < -0.3 is 15.0 Å². The van der Waals surface area contributed by atoms with E-state index in [1.165, 1.54) is 34.3 Å². The normalized spacial score (nSPS) is 17.5. The minimum absolute atomic E-state index is 0.00339. The smallest absolute Gasteiger partial charge is 0.261 e. The van der Waals surface area contributed by atoms with Crippen LogP contribution in [0, 0.1) is 5.92 Å². The highest BCUT2D eigenvalue weighted by Gasteiger charge is 2.29. The summed E-state index contributed by atoms with van der Waals surface area (Å²) >= 11 is 0. The number of sulfonamides is 1. The van der Waals surface area contributed by atoms with E-state index in [2.05, 4.69) is 38.1 Å². The topological polar surface area (TPSA) is 140 Å². The van der Waals surface area contributed by atoms with E-state index in [0.717, 1.165) is 26.2 Å². The molecule has 0 radical (unpaired) electrons. The summed E-state index contributed by atoms with van der Waals surface area (Å²) in [6.45, 7) is 8.63. The fraction of sp³-hybridized carbons (Fsp3) is 0.483. The first kappa shape index (κ1) is 31.4. The standard InChI is InChI=1S/C29H40N6O6S/c1-22(2)27(30-28(37)23-7-6-10-25(21-23)42(39,40)35-17-19-41-20-18-35)29(38)32-31-26(36)11-12-33-13-15-34(16-14-33)24-8-4-3-5-9-24/h3-10,21-22,27H,11-20H2,1-2H3,(H,30,37)(H,31,36)(H,32,38). The number of benzene rings is 2. The second-order valence-electron chi connectivity index (χ2n) is 10.7. The van der Waals surface area contributed by atoms with Gasteiger partial charge in [0.25, 0.3) is 11.8 Å². The molecule has 13 heteroatoms. The Morgan fingerprint density at radius 2 is 1.57 bits per heavy atom. The van der Waals surface area contributed by atoms with Crippen LogP contribution in [0.3, 0.4) is 0 Å². The van der Waals surface area contributed by atoms with Gasteiger partial charge >= 0.3 is 0 Å². The minimum atomic E-state index is -3.79. The molecule has 0 saturated carbocycles. The Morgan fingerprint density at radius 1 is 0.881 bits per heavy atom. The van der Waals surface area contributed by atoms with Crippen LogP contribution in [-0.4, -0.2) is 100 Å². The van der Waals surface area contributed by atoms with Crippen molar-refractivity contribution < 1.29 is 27.5 Å². The molecule has 0 spiro atoms. The summed E-state index contributed by atoms with van der Waals surface area (Å²) in [6, 6.07) is 15.0. The maximum atomic E-state index is 13.0. The van der Waals surface area contributed by atoms with Gasteiger partial charge in [-0.2, -0.15) is 4.31 Å². The van der Waals surface area contributed by atoms with E-state index in [1.54, 1.807) is 13.8 Å². The molecule has 3 amide bonds. The van der Waals surface area contributed by atoms with Crippen LogP contribution in [0.25, 0.3) is 0 Å². The average molecular weight is 601 g/mol. The second-order valence-corrected chi connectivity index (χ2v) is 12.6. The molecular weight excluding hydrogens is 560 g/mol. The molecule has 2 fully saturated rings. The van der Waals surface area contributed by atoms with E-state index in [9.17, 15) is 22.8 Å². The van der Waals surface area contributed by atoms with Crippen LogP contribution in [0.15, 0.2) is 59.5 Å². The summed E-state index contributed by atoms with van der Waals surface area (Å²) in [7, 11) is -3.79. The molecule has 2 aromatic carbocycles. The highest BCUT2D eigenvalue weighted by molar-refractivity contribution is 7.89. The van der Waals surface area contributed by atoms with Crippen molar-refractivity contribution in [2.75, 3.05) is 63.9 Å². The van der Waals surface area contributed by atoms with Gasteiger partial charge in [-0.3, -0.25) is 30.1 Å². The third-order valence-electron chi connectivity index (χ3n) is 7.41. The van der Waals surface area contributed by atoms with Crippen LogP contribution >= 0.6 is 0 Å². The SMILES string of the molecule is CC(C)C(NC(=O)c1cccc(S(=O)(=O)N2CCOCC2)c1)C(=O)NNC(=O)CCN1CCN(c2ccccc2)CC1. The predicted octanol–water partition coefficient (Wildman–Crippen LogP) is 0.822. The van der Waals surface area contributed by atoms with E-state index >= 15 is 0 Å². The number of hydrazine groups is 1. The van der Waals surface area contributed by atoms with Gasteiger partial charge in [-0.1, -0.05) is 38.1 Å². The number of anilines is 1. The molecule has 2 aliphatic rings. The molecule has 2 saturated heterocycles. The van der Waals surface area contributed by atoms with E-state index < -0.39 is 27.9 Å². The molecule has 0 aliphatic carbocycles. The molecule has 12 nitrogen and oxygen atoms in total. The number of nitrogens with zero attached hydrogens (tertiary/aromatic N) is 3. The molecule has 42 heavy (non-hydrogen) atoms. The predicted molar refractivity (Wildman–Crippen MR) is 158 cm³/mol. The number of carbonyl (C=O) groups is 3. The van der Waals surface area contributed by atoms with Crippen molar-refractivity contribution in [1.82, 2.24) is 25.4 Å². The number of morpholine rings is 1. The minimum Gasteiger partial charge on any atom is -0.379 e. The average Bonchev–Trinajstić information content (AvgIpc) is 3.02. The number of nitrogens with one attached hydrogen (secondary N) is 3. The van der Waals surface area contributed by atoms with Gasteiger partial charge in [0.05, 0.1) is 18.1 Å². The molecule has 1 unspecified atom stereocenters. The lowest BCUT2D eigenvalue weighted by molar-refractivity contribution is -0.130. The first-order valence-corrected chi connectivity index (χ1v) is 15.7. The molecule has 228 valence electrons. The van der Waals surface area contributed by atoms with Gasteiger partial charge in [-0.25, -0.2) is 8.42 Å². The summed E-state index contributed by atoms with van der Waals surface area (Å²) in [6.07, 6.45) is 0.217. The summed E-state index contributed by atoms with van der Waals surface area (Å²) in [4.78, 5) is 42.9. The summed E-state index contributed by atoms with van der Waals surface area (Å²) in [5, 5.41) is 2.67. The monoisotopic (exact) mass is 600 g/mol. The van der Waals surface area contributed by atoms with Gasteiger partial charge in [0.1, 0.15) is 6.04 Å². The Balaban J connectivity index is 1.24. The van der Waals surface area contributed by atoms with Crippen LogP contribution in [-0.2, 0) is 24.3 Å². The number of amides is 3. The van der Waals surface area contributed by atoms with Gasteiger partial charge in [-0.05, 0) is 36.2 Å². The lowest BCUT2D eigenvalue weighted by Gasteiger charge is -2.36. The second kappa shape index (κ2) is 14.6. The molecule has 2 heterocycles.